The van der Waals surface area contributed by atoms with E-state index in [1.807, 2.05) is 18.2 Å². The third kappa shape index (κ3) is 3.67. The molecular formula is C15H16N2O4S. The molecule has 1 saturated heterocycles. The summed E-state index contributed by atoms with van der Waals surface area (Å²) in [5.41, 5.74) is 0.734. The Morgan fingerprint density at radius 3 is 2.77 bits per heavy atom. The Balaban J connectivity index is 2.13. The molecule has 0 radical (unpaired) electrons. The Morgan fingerprint density at radius 2 is 2.09 bits per heavy atom. The highest BCUT2D eigenvalue weighted by atomic mass is 32.2. The highest BCUT2D eigenvalue weighted by Crippen LogP contribution is 2.33. The van der Waals surface area contributed by atoms with Crippen molar-refractivity contribution in [3.63, 3.8) is 0 Å². The number of ether oxygens (including phenoxy) is 1. The van der Waals surface area contributed by atoms with E-state index in [2.05, 4.69) is 5.32 Å². The molecule has 6 nitrogen and oxygen atoms in total. The van der Waals surface area contributed by atoms with E-state index < -0.39 is 0 Å². The van der Waals surface area contributed by atoms with Crippen LogP contribution in [0.3, 0.4) is 0 Å². The zero-order chi connectivity index (χ0) is 16.1. The molecule has 116 valence electrons. The van der Waals surface area contributed by atoms with Gasteiger partial charge < -0.3 is 10.1 Å². The summed E-state index contributed by atoms with van der Waals surface area (Å²) >= 11 is 0.885. The molecule has 3 amide bonds. The van der Waals surface area contributed by atoms with Gasteiger partial charge in [0.2, 0.25) is 5.91 Å². The number of rotatable bonds is 5. The van der Waals surface area contributed by atoms with Crippen LogP contribution in [-0.4, -0.2) is 42.2 Å². The summed E-state index contributed by atoms with van der Waals surface area (Å²) in [6.07, 6.45) is 1.64. The second-order valence-electron chi connectivity index (χ2n) is 4.56. The van der Waals surface area contributed by atoms with Crippen LogP contribution in [0, 0.1) is 0 Å². The molecule has 1 N–H and O–H groups in total. The number of carbonyl (C=O) groups is 3. The van der Waals surface area contributed by atoms with Gasteiger partial charge in [0.15, 0.2) is 0 Å². The van der Waals surface area contributed by atoms with Crippen molar-refractivity contribution in [2.24, 2.45) is 0 Å². The minimum atomic E-state index is -0.355. The number of benzene rings is 1. The summed E-state index contributed by atoms with van der Waals surface area (Å²) in [4.78, 5) is 36.5. The molecule has 1 aromatic rings. The SMILES string of the molecule is COc1ccccc1/C=C1/SC(=O)N(CCNC(C)=O)C1=O. The van der Waals surface area contributed by atoms with Gasteiger partial charge in [-0.1, -0.05) is 18.2 Å². The van der Waals surface area contributed by atoms with Crippen molar-refractivity contribution in [3.05, 3.63) is 34.7 Å². The van der Waals surface area contributed by atoms with Gasteiger partial charge in [-0.3, -0.25) is 19.3 Å². The molecule has 22 heavy (non-hydrogen) atoms. The Hall–Kier alpha value is -2.28. The van der Waals surface area contributed by atoms with Crippen molar-refractivity contribution in [2.45, 2.75) is 6.92 Å². The number of hydrogen-bond acceptors (Lipinski definition) is 5. The molecular weight excluding hydrogens is 304 g/mol. The number of thioether (sulfide) groups is 1. The van der Waals surface area contributed by atoms with Crippen molar-refractivity contribution < 1.29 is 19.1 Å². The van der Waals surface area contributed by atoms with Gasteiger partial charge in [0.05, 0.1) is 12.0 Å². The molecule has 1 heterocycles. The molecule has 1 aromatic carbocycles. The lowest BCUT2D eigenvalue weighted by Gasteiger charge is -2.12. The second-order valence-corrected chi connectivity index (χ2v) is 5.55. The van der Waals surface area contributed by atoms with E-state index in [9.17, 15) is 14.4 Å². The monoisotopic (exact) mass is 320 g/mol. The van der Waals surface area contributed by atoms with Crippen molar-refractivity contribution in [1.29, 1.82) is 0 Å². The van der Waals surface area contributed by atoms with Gasteiger partial charge in [0.1, 0.15) is 5.75 Å². The first-order valence-corrected chi connectivity index (χ1v) is 7.47. The first kappa shape index (κ1) is 16.1. The van der Waals surface area contributed by atoms with E-state index in [4.69, 9.17) is 4.74 Å². The van der Waals surface area contributed by atoms with Crippen LogP contribution >= 0.6 is 11.8 Å². The normalized spacial score (nSPS) is 16.3. The summed E-state index contributed by atoms with van der Waals surface area (Å²) in [5, 5.41) is 2.23. The van der Waals surface area contributed by atoms with E-state index in [0.29, 0.717) is 10.7 Å². The minimum Gasteiger partial charge on any atom is -0.496 e. The first-order chi connectivity index (χ1) is 10.5. The number of methoxy groups -OCH3 is 1. The topological polar surface area (TPSA) is 75.7 Å². The standard InChI is InChI=1S/C15H16N2O4S/c1-10(18)16-7-8-17-14(19)13(22-15(17)20)9-11-5-3-4-6-12(11)21-2/h3-6,9H,7-8H2,1-2H3,(H,16,18)/b13-9+. The van der Waals surface area contributed by atoms with E-state index in [0.717, 1.165) is 22.2 Å². The van der Waals surface area contributed by atoms with Crippen molar-refractivity contribution in [1.82, 2.24) is 10.2 Å². The lowest BCUT2D eigenvalue weighted by atomic mass is 10.2. The van der Waals surface area contributed by atoms with E-state index in [1.165, 1.54) is 6.92 Å². The fourth-order valence-corrected chi connectivity index (χ4v) is 2.82. The van der Waals surface area contributed by atoms with Crippen molar-refractivity contribution in [2.75, 3.05) is 20.2 Å². The van der Waals surface area contributed by atoms with E-state index in [1.54, 1.807) is 19.3 Å². The zero-order valence-electron chi connectivity index (χ0n) is 12.3. The van der Waals surface area contributed by atoms with Crippen LogP contribution in [0.5, 0.6) is 5.75 Å². The molecule has 1 aliphatic heterocycles. The first-order valence-electron chi connectivity index (χ1n) is 6.65. The lowest BCUT2D eigenvalue weighted by molar-refractivity contribution is -0.123. The number of amides is 3. The maximum Gasteiger partial charge on any atom is 0.293 e. The van der Waals surface area contributed by atoms with Gasteiger partial charge in [-0.15, -0.1) is 0 Å². The number of nitrogens with one attached hydrogen (secondary N) is 1. The Kier molecular flexibility index (Phi) is 5.21. The van der Waals surface area contributed by atoms with Crippen LogP contribution in [0.4, 0.5) is 4.79 Å². The Labute approximate surface area is 132 Å². The van der Waals surface area contributed by atoms with Crippen LogP contribution in [0.15, 0.2) is 29.2 Å². The van der Waals surface area contributed by atoms with Crippen LogP contribution in [0.1, 0.15) is 12.5 Å². The predicted molar refractivity (Wildman–Crippen MR) is 84.4 cm³/mol. The van der Waals surface area contributed by atoms with Crippen molar-refractivity contribution in [3.8, 4) is 5.75 Å². The highest BCUT2D eigenvalue weighted by Gasteiger charge is 2.34. The molecule has 2 rings (SSSR count). The molecule has 7 heteroatoms. The van der Waals surface area contributed by atoms with Gasteiger partial charge in [0.25, 0.3) is 11.1 Å². The number of nitrogens with zero attached hydrogens (tertiary/aromatic N) is 1. The smallest absolute Gasteiger partial charge is 0.293 e. The molecule has 1 aliphatic rings. The maximum absolute atomic E-state index is 12.3. The summed E-state index contributed by atoms with van der Waals surface area (Å²) in [6.45, 7) is 1.79. The number of carbonyl (C=O) groups excluding carboxylic acids is 3. The van der Waals surface area contributed by atoms with E-state index in [-0.39, 0.29) is 30.1 Å². The average Bonchev–Trinajstić information content (AvgIpc) is 2.75. The minimum absolute atomic E-state index is 0.160. The van der Waals surface area contributed by atoms with Gasteiger partial charge in [-0.05, 0) is 23.9 Å². The second kappa shape index (κ2) is 7.13. The summed E-state index contributed by atoms with van der Waals surface area (Å²) in [5.74, 6) is 0.0790. The Bertz CT molecular complexity index is 642. The van der Waals surface area contributed by atoms with Crippen LogP contribution < -0.4 is 10.1 Å². The van der Waals surface area contributed by atoms with Crippen molar-refractivity contribution >= 4 is 34.9 Å². The summed E-state index contributed by atoms with van der Waals surface area (Å²) in [6, 6.07) is 7.25. The number of para-hydroxylation sites is 1. The lowest BCUT2D eigenvalue weighted by Crippen LogP contribution is -2.36. The predicted octanol–water partition coefficient (Wildman–Crippen LogP) is 1.87. The fourth-order valence-electron chi connectivity index (χ4n) is 1.96. The Morgan fingerprint density at radius 1 is 1.36 bits per heavy atom. The van der Waals surface area contributed by atoms with Crippen LogP contribution in [-0.2, 0) is 9.59 Å². The highest BCUT2D eigenvalue weighted by molar-refractivity contribution is 8.18. The quantitative estimate of drug-likeness (QED) is 0.838. The summed E-state index contributed by atoms with van der Waals surface area (Å²) < 4.78 is 5.22. The molecule has 1 fully saturated rings. The summed E-state index contributed by atoms with van der Waals surface area (Å²) in [7, 11) is 1.55. The molecule has 0 unspecified atom stereocenters. The van der Waals surface area contributed by atoms with Crippen LogP contribution in [0.2, 0.25) is 0 Å². The molecule has 0 spiro atoms. The van der Waals surface area contributed by atoms with Gasteiger partial charge in [0, 0.05) is 25.6 Å². The maximum atomic E-state index is 12.3. The largest absolute Gasteiger partial charge is 0.496 e. The van der Waals surface area contributed by atoms with Gasteiger partial charge >= 0.3 is 0 Å². The molecule has 0 bridgehead atoms. The molecule has 0 atom stereocenters. The number of imide groups is 1. The zero-order valence-corrected chi connectivity index (χ0v) is 13.1. The van der Waals surface area contributed by atoms with Crippen LogP contribution in [0.25, 0.3) is 6.08 Å². The average molecular weight is 320 g/mol. The van der Waals surface area contributed by atoms with Gasteiger partial charge in [-0.25, -0.2) is 0 Å². The third-order valence-electron chi connectivity index (χ3n) is 3.01. The molecule has 0 aliphatic carbocycles. The third-order valence-corrected chi connectivity index (χ3v) is 3.92. The fraction of sp³-hybridized carbons (Fsp3) is 0.267. The van der Waals surface area contributed by atoms with E-state index >= 15 is 0 Å². The molecule has 0 aromatic heterocycles. The molecule has 0 saturated carbocycles. The van der Waals surface area contributed by atoms with Gasteiger partial charge in [-0.2, -0.15) is 0 Å². The number of hydrogen-bond donors (Lipinski definition) is 1.